The first kappa shape index (κ1) is 21.4. The van der Waals surface area contributed by atoms with Gasteiger partial charge in [0.1, 0.15) is 0 Å². The Morgan fingerprint density at radius 3 is 1.82 bits per heavy atom. The zero-order chi connectivity index (χ0) is 22.8. The van der Waals surface area contributed by atoms with Crippen molar-refractivity contribution >= 4 is 11.8 Å². The van der Waals surface area contributed by atoms with E-state index in [9.17, 15) is 14.7 Å². The van der Waals surface area contributed by atoms with Gasteiger partial charge in [0, 0.05) is 43.3 Å². The first-order valence-corrected chi connectivity index (χ1v) is 11.3. The van der Waals surface area contributed by atoms with Crippen LogP contribution in [0, 0.1) is 0 Å². The number of aliphatic hydroxyl groups excluding tert-OH is 1. The molecule has 2 aliphatic rings. The Bertz CT molecular complexity index is 1110. The number of rotatable bonds is 5. The molecule has 2 aliphatic heterocycles. The van der Waals surface area contributed by atoms with E-state index in [1.165, 1.54) is 0 Å². The van der Waals surface area contributed by atoms with Gasteiger partial charge in [-0.1, -0.05) is 60.7 Å². The van der Waals surface area contributed by atoms with Crippen LogP contribution in [-0.2, 0) is 0 Å². The fourth-order valence-electron chi connectivity index (χ4n) is 4.55. The highest BCUT2D eigenvalue weighted by molar-refractivity contribution is 5.95. The number of aliphatic hydroxyl groups is 1. The van der Waals surface area contributed by atoms with Gasteiger partial charge < -0.3 is 20.2 Å². The number of hydrogen-bond donors (Lipinski definition) is 2. The Labute approximate surface area is 193 Å². The summed E-state index contributed by atoms with van der Waals surface area (Å²) in [5, 5.41) is 13.9. The normalized spacial score (nSPS) is 20.5. The van der Waals surface area contributed by atoms with E-state index in [1.54, 1.807) is 17.0 Å². The van der Waals surface area contributed by atoms with E-state index in [-0.39, 0.29) is 23.9 Å². The van der Waals surface area contributed by atoms with Crippen LogP contribution in [0.4, 0.5) is 0 Å². The van der Waals surface area contributed by atoms with Gasteiger partial charge in [-0.05, 0) is 35.4 Å². The Hall–Kier alpha value is -3.48. The van der Waals surface area contributed by atoms with Gasteiger partial charge in [0.25, 0.3) is 11.8 Å². The maximum Gasteiger partial charge on any atom is 0.253 e. The molecule has 2 fully saturated rings. The van der Waals surface area contributed by atoms with E-state index in [4.69, 9.17) is 0 Å². The second kappa shape index (κ2) is 9.17. The maximum absolute atomic E-state index is 12.8. The molecule has 0 unspecified atom stereocenters. The number of nitrogens with zero attached hydrogens (tertiary/aromatic N) is 2. The number of carbonyl (C=O) groups excluding carboxylic acids is 2. The molecule has 0 saturated carbocycles. The fraction of sp³-hybridized carbons (Fsp3) is 0.259. The van der Waals surface area contributed by atoms with Gasteiger partial charge >= 0.3 is 0 Å². The molecule has 6 nitrogen and oxygen atoms in total. The predicted molar refractivity (Wildman–Crippen MR) is 127 cm³/mol. The predicted octanol–water partition coefficient (Wildman–Crippen LogP) is 2.65. The number of nitrogens with one attached hydrogen (secondary N) is 1. The summed E-state index contributed by atoms with van der Waals surface area (Å²) in [6.07, 6.45) is -0.618. The average Bonchev–Trinajstić information content (AvgIpc) is 3.21. The lowest BCUT2D eigenvalue weighted by atomic mass is 10.0. The molecule has 2 amide bonds. The molecular formula is C27H27N3O3. The molecule has 6 heteroatoms. The summed E-state index contributed by atoms with van der Waals surface area (Å²) in [4.78, 5) is 29.0. The van der Waals surface area contributed by atoms with Crippen molar-refractivity contribution < 1.29 is 14.7 Å². The molecule has 2 atom stereocenters. The van der Waals surface area contributed by atoms with Gasteiger partial charge in [-0.3, -0.25) is 9.59 Å². The smallest absolute Gasteiger partial charge is 0.253 e. The largest absolute Gasteiger partial charge is 0.390 e. The topological polar surface area (TPSA) is 72.9 Å². The van der Waals surface area contributed by atoms with E-state index >= 15 is 0 Å². The lowest BCUT2D eigenvalue weighted by Gasteiger charge is -2.41. The molecule has 2 heterocycles. The van der Waals surface area contributed by atoms with E-state index < -0.39 is 6.10 Å². The summed E-state index contributed by atoms with van der Waals surface area (Å²) in [5.74, 6) is -0.0520. The second-order valence-corrected chi connectivity index (χ2v) is 8.77. The van der Waals surface area contributed by atoms with Crippen LogP contribution in [0.15, 0.2) is 84.9 Å². The molecule has 0 radical (unpaired) electrons. The third kappa shape index (κ3) is 4.53. The molecule has 0 spiro atoms. The van der Waals surface area contributed by atoms with Crippen molar-refractivity contribution in [2.75, 3.05) is 26.2 Å². The van der Waals surface area contributed by atoms with Crippen LogP contribution in [0.5, 0.6) is 0 Å². The summed E-state index contributed by atoms with van der Waals surface area (Å²) in [6.45, 7) is 1.96. The van der Waals surface area contributed by atoms with Crippen molar-refractivity contribution in [3.63, 3.8) is 0 Å². The Kier molecular flexibility index (Phi) is 5.94. The van der Waals surface area contributed by atoms with Crippen molar-refractivity contribution in [3.05, 3.63) is 96.1 Å². The lowest BCUT2D eigenvalue weighted by Crippen LogP contribution is -2.63. The number of hydrogen-bond acceptors (Lipinski definition) is 4. The van der Waals surface area contributed by atoms with E-state index in [0.717, 1.165) is 11.1 Å². The molecule has 33 heavy (non-hydrogen) atoms. The monoisotopic (exact) mass is 441 g/mol. The second-order valence-electron chi connectivity index (χ2n) is 8.77. The maximum atomic E-state index is 12.8. The number of β-amino-alcohol motifs (C(OH)–C–C–N with tert-alkyl or cyclic N) is 1. The van der Waals surface area contributed by atoms with Gasteiger partial charge in [-0.25, -0.2) is 0 Å². The van der Waals surface area contributed by atoms with Gasteiger partial charge in [0.05, 0.1) is 12.1 Å². The van der Waals surface area contributed by atoms with Crippen LogP contribution in [-0.4, -0.2) is 71.1 Å². The highest BCUT2D eigenvalue weighted by Crippen LogP contribution is 2.22. The number of likely N-dealkylation sites (tertiary alicyclic amines) is 2. The van der Waals surface area contributed by atoms with Crippen LogP contribution in [0.25, 0.3) is 11.1 Å². The zero-order valence-electron chi connectivity index (χ0n) is 18.3. The molecule has 3 aromatic carbocycles. The number of benzene rings is 3. The third-order valence-electron chi connectivity index (χ3n) is 6.45. The Morgan fingerprint density at radius 1 is 0.667 bits per heavy atom. The molecular weight excluding hydrogens is 414 g/mol. The molecule has 3 aromatic rings. The third-order valence-corrected chi connectivity index (χ3v) is 6.45. The quantitative estimate of drug-likeness (QED) is 0.639. The van der Waals surface area contributed by atoms with Gasteiger partial charge in [-0.15, -0.1) is 0 Å². The Morgan fingerprint density at radius 2 is 1.18 bits per heavy atom. The summed E-state index contributed by atoms with van der Waals surface area (Å²) in [5.41, 5.74) is 3.51. The molecule has 2 N–H and O–H groups in total. The van der Waals surface area contributed by atoms with Crippen LogP contribution in [0.1, 0.15) is 20.7 Å². The van der Waals surface area contributed by atoms with E-state index in [2.05, 4.69) is 17.4 Å². The fourth-order valence-corrected chi connectivity index (χ4v) is 4.55. The molecule has 168 valence electrons. The molecule has 0 bridgehead atoms. The van der Waals surface area contributed by atoms with Gasteiger partial charge in [-0.2, -0.15) is 0 Å². The standard InChI is InChI=1S/C27H27N3O3/c31-25-18-30(26(32)21-9-5-2-6-10-21)17-24(25)28-23-15-29(16-23)27(33)22-13-11-20(12-14-22)19-7-3-1-4-8-19/h1-14,23-25,28,31H,15-18H2/t24-,25-/m1/s1. The summed E-state index contributed by atoms with van der Waals surface area (Å²) in [6, 6.07) is 26.8. The van der Waals surface area contributed by atoms with E-state index in [1.807, 2.05) is 65.6 Å². The molecule has 0 aliphatic carbocycles. The van der Waals surface area contributed by atoms with Crippen molar-refractivity contribution in [3.8, 4) is 11.1 Å². The molecule has 0 aromatic heterocycles. The van der Waals surface area contributed by atoms with Gasteiger partial charge in [0.2, 0.25) is 0 Å². The summed E-state index contributed by atoms with van der Waals surface area (Å²) >= 11 is 0. The molecule has 2 saturated heterocycles. The van der Waals surface area contributed by atoms with Crippen LogP contribution in [0.3, 0.4) is 0 Å². The minimum Gasteiger partial charge on any atom is -0.390 e. The van der Waals surface area contributed by atoms with Crippen molar-refractivity contribution in [1.82, 2.24) is 15.1 Å². The first-order valence-electron chi connectivity index (χ1n) is 11.3. The average molecular weight is 442 g/mol. The van der Waals surface area contributed by atoms with Crippen molar-refractivity contribution in [2.45, 2.75) is 18.2 Å². The van der Waals surface area contributed by atoms with Gasteiger partial charge in [0.15, 0.2) is 0 Å². The summed E-state index contributed by atoms with van der Waals surface area (Å²) in [7, 11) is 0. The van der Waals surface area contributed by atoms with E-state index in [0.29, 0.717) is 37.3 Å². The highest BCUT2D eigenvalue weighted by atomic mass is 16.3. The minimum absolute atomic E-state index is 0.0144. The van der Waals surface area contributed by atoms with Crippen LogP contribution >= 0.6 is 0 Å². The van der Waals surface area contributed by atoms with Crippen molar-refractivity contribution in [2.24, 2.45) is 0 Å². The molecule has 5 rings (SSSR count). The Balaban J connectivity index is 1.13. The SMILES string of the molecule is O=C(c1ccc(-c2ccccc2)cc1)N1CC(N[C@@H]2CN(C(=O)c3ccccc3)C[C@H]2O)C1. The number of amides is 2. The van der Waals surface area contributed by atoms with Crippen LogP contribution < -0.4 is 5.32 Å². The van der Waals surface area contributed by atoms with Crippen LogP contribution in [0.2, 0.25) is 0 Å². The number of carbonyl (C=O) groups is 2. The highest BCUT2D eigenvalue weighted by Gasteiger charge is 2.39. The minimum atomic E-state index is -0.618. The zero-order valence-corrected chi connectivity index (χ0v) is 18.3. The van der Waals surface area contributed by atoms with Crippen molar-refractivity contribution in [1.29, 1.82) is 0 Å². The lowest BCUT2D eigenvalue weighted by molar-refractivity contribution is 0.0521. The summed E-state index contributed by atoms with van der Waals surface area (Å²) < 4.78 is 0. The first-order chi connectivity index (χ1) is 16.1.